The number of ether oxygens (including phenoxy) is 1. The molecule has 2 N–H and O–H groups in total. The molecule has 4 aromatic rings. The topological polar surface area (TPSA) is 84.6 Å². The lowest BCUT2D eigenvalue weighted by atomic mass is 10.0. The van der Waals surface area contributed by atoms with Gasteiger partial charge in [-0.1, -0.05) is 67.2 Å². The van der Waals surface area contributed by atoms with Crippen molar-refractivity contribution in [3.8, 4) is 17.2 Å². The molecule has 0 fully saturated rings. The molecule has 6 heteroatoms. The lowest BCUT2D eigenvalue weighted by Crippen LogP contribution is -2.31. The molecule has 1 aromatic heterocycles. The first-order chi connectivity index (χ1) is 18.4. The molecule has 0 bridgehead atoms. The van der Waals surface area contributed by atoms with Crippen molar-refractivity contribution in [2.45, 2.75) is 32.7 Å². The number of aryl methyl sites for hydroxylation is 1. The number of hydrogen-bond donors (Lipinski definition) is 2. The number of carbonyl (C=O) groups is 1. The number of hydrogen-bond acceptors (Lipinski definition) is 6. The van der Waals surface area contributed by atoms with Crippen molar-refractivity contribution in [1.82, 2.24) is 10.3 Å². The number of nitrogens with one attached hydrogen (secondary N) is 1. The molecule has 0 aliphatic rings. The summed E-state index contributed by atoms with van der Waals surface area (Å²) in [4.78, 5) is 17.1. The van der Waals surface area contributed by atoms with Crippen LogP contribution in [0.3, 0.4) is 0 Å². The number of aliphatic hydroxyl groups is 1. The highest BCUT2D eigenvalue weighted by atomic mass is 16.5. The number of aliphatic hydroxyl groups excluding tert-OH is 1. The first kappa shape index (κ1) is 26.5. The van der Waals surface area contributed by atoms with Gasteiger partial charge in [0.1, 0.15) is 17.3 Å². The summed E-state index contributed by atoms with van der Waals surface area (Å²) in [6.45, 7) is 7.88. The van der Waals surface area contributed by atoms with Crippen LogP contribution in [0.4, 0.5) is 0 Å². The van der Waals surface area contributed by atoms with Crippen molar-refractivity contribution >= 4 is 5.78 Å². The Bertz CT molecular complexity index is 1390. The summed E-state index contributed by atoms with van der Waals surface area (Å²) in [5.74, 6) is 2.06. The fraction of sp³-hybridized carbons (Fsp3) is 0.188. The summed E-state index contributed by atoms with van der Waals surface area (Å²) in [5, 5.41) is 13.3. The monoisotopic (exact) mass is 508 g/mol. The van der Waals surface area contributed by atoms with Gasteiger partial charge in [-0.25, -0.2) is 4.98 Å². The Hall–Kier alpha value is -4.58. The van der Waals surface area contributed by atoms with Crippen molar-refractivity contribution in [2.75, 3.05) is 6.61 Å². The average Bonchev–Trinajstić information content (AvgIpc) is 3.30. The van der Waals surface area contributed by atoms with Gasteiger partial charge >= 0.3 is 0 Å². The minimum absolute atomic E-state index is 0.00286. The maximum Gasteiger partial charge on any atom is 0.226 e. The van der Waals surface area contributed by atoms with Gasteiger partial charge in [0.15, 0.2) is 5.78 Å². The Kier molecular flexibility index (Phi) is 8.77. The van der Waals surface area contributed by atoms with Gasteiger partial charge < -0.3 is 19.6 Å². The second-order valence-corrected chi connectivity index (χ2v) is 9.08. The number of carbonyl (C=O) groups excluding carboxylic acids is 1. The second-order valence-electron chi connectivity index (χ2n) is 9.08. The zero-order valence-electron chi connectivity index (χ0n) is 21.7. The maximum atomic E-state index is 12.4. The van der Waals surface area contributed by atoms with Gasteiger partial charge in [0.2, 0.25) is 5.89 Å². The third kappa shape index (κ3) is 7.23. The fourth-order valence-electron chi connectivity index (χ4n) is 4.04. The SMILES string of the molecule is C=C(O)[C@H](Cc1ccc(OCCc2nc(-c3ccccc3)oc2C)cc1)N/C(C)=C\C(=O)c1ccccc1. The maximum absolute atomic E-state index is 12.4. The smallest absolute Gasteiger partial charge is 0.226 e. The number of allylic oxidation sites excluding steroid dienone is 2. The van der Waals surface area contributed by atoms with Crippen LogP contribution < -0.4 is 10.1 Å². The number of oxazole rings is 1. The molecule has 1 atom stereocenters. The van der Waals surface area contributed by atoms with Crippen molar-refractivity contribution < 1.29 is 19.1 Å². The summed E-state index contributed by atoms with van der Waals surface area (Å²) >= 11 is 0. The molecule has 0 unspecified atom stereocenters. The van der Waals surface area contributed by atoms with E-state index < -0.39 is 6.04 Å². The molecule has 38 heavy (non-hydrogen) atoms. The molecule has 0 aliphatic heterocycles. The molecule has 194 valence electrons. The largest absolute Gasteiger partial charge is 0.511 e. The molecule has 0 saturated carbocycles. The third-order valence-electron chi connectivity index (χ3n) is 6.09. The van der Waals surface area contributed by atoms with Gasteiger partial charge in [0, 0.05) is 29.3 Å². The standard InChI is InChI=1S/C32H32N2O4/c1-22(20-31(36)26-10-6-4-7-11-26)33-30(23(2)35)21-25-14-16-28(17-15-25)37-19-18-29-24(3)38-32(34-29)27-12-8-5-9-13-27/h4-17,20,30,33,35H,2,18-19,21H2,1,3H3/b22-20-/t30-/m0/s1. The van der Waals surface area contributed by atoms with E-state index in [1.54, 1.807) is 19.1 Å². The second kappa shape index (κ2) is 12.6. The van der Waals surface area contributed by atoms with Crippen LogP contribution in [0.5, 0.6) is 5.75 Å². The van der Waals surface area contributed by atoms with Gasteiger partial charge in [0.05, 0.1) is 18.3 Å². The molecule has 0 aliphatic carbocycles. The Morgan fingerprint density at radius 1 is 1.05 bits per heavy atom. The average molecular weight is 509 g/mol. The lowest BCUT2D eigenvalue weighted by Gasteiger charge is -2.19. The third-order valence-corrected chi connectivity index (χ3v) is 6.09. The Balaban J connectivity index is 1.30. The normalized spacial score (nSPS) is 12.1. The van der Waals surface area contributed by atoms with Crippen LogP contribution in [-0.4, -0.2) is 28.5 Å². The predicted octanol–water partition coefficient (Wildman–Crippen LogP) is 6.63. The van der Waals surface area contributed by atoms with E-state index in [2.05, 4.69) is 16.9 Å². The number of rotatable bonds is 12. The van der Waals surface area contributed by atoms with Gasteiger partial charge in [-0.3, -0.25) is 4.79 Å². The van der Waals surface area contributed by atoms with Crippen molar-refractivity contribution in [1.29, 1.82) is 0 Å². The highest BCUT2D eigenvalue weighted by molar-refractivity contribution is 6.04. The number of benzene rings is 3. The summed E-state index contributed by atoms with van der Waals surface area (Å²) < 4.78 is 11.8. The quantitative estimate of drug-likeness (QED) is 0.127. The van der Waals surface area contributed by atoms with Crippen molar-refractivity contribution in [2.24, 2.45) is 0 Å². The van der Waals surface area contributed by atoms with Crippen molar-refractivity contribution in [3.63, 3.8) is 0 Å². The summed E-state index contributed by atoms with van der Waals surface area (Å²) in [6, 6.07) is 26.2. The molecule has 1 heterocycles. The van der Waals surface area contributed by atoms with Crippen LogP contribution in [-0.2, 0) is 12.8 Å². The zero-order chi connectivity index (χ0) is 26.9. The molecular weight excluding hydrogens is 476 g/mol. The first-order valence-corrected chi connectivity index (χ1v) is 12.5. The highest BCUT2D eigenvalue weighted by Gasteiger charge is 2.14. The van der Waals surface area contributed by atoms with E-state index in [1.165, 1.54) is 6.08 Å². The number of ketones is 1. The first-order valence-electron chi connectivity index (χ1n) is 12.5. The van der Waals surface area contributed by atoms with E-state index in [4.69, 9.17) is 9.15 Å². The molecule has 0 saturated heterocycles. The molecule has 3 aromatic carbocycles. The summed E-state index contributed by atoms with van der Waals surface area (Å²) in [6.07, 6.45) is 2.66. The number of aromatic nitrogens is 1. The van der Waals surface area contributed by atoms with Crippen LogP contribution in [0, 0.1) is 6.92 Å². The fourth-order valence-corrected chi connectivity index (χ4v) is 4.04. The Labute approximate surface area is 223 Å². The van der Waals surface area contributed by atoms with Gasteiger partial charge in [0.25, 0.3) is 0 Å². The van der Waals surface area contributed by atoms with Crippen LogP contribution in [0.2, 0.25) is 0 Å². The molecule has 0 radical (unpaired) electrons. The van der Waals surface area contributed by atoms with E-state index in [0.29, 0.717) is 36.6 Å². The van der Waals surface area contributed by atoms with Crippen LogP contribution in [0.1, 0.15) is 34.3 Å². The van der Waals surface area contributed by atoms with E-state index in [1.807, 2.05) is 79.7 Å². The van der Waals surface area contributed by atoms with E-state index in [9.17, 15) is 9.90 Å². The minimum atomic E-state index is -0.435. The molecule has 6 nitrogen and oxygen atoms in total. The lowest BCUT2D eigenvalue weighted by molar-refractivity contribution is 0.104. The van der Waals surface area contributed by atoms with E-state index in [-0.39, 0.29) is 11.5 Å². The predicted molar refractivity (Wildman–Crippen MR) is 149 cm³/mol. The Morgan fingerprint density at radius 3 is 2.37 bits per heavy atom. The minimum Gasteiger partial charge on any atom is -0.511 e. The zero-order valence-corrected chi connectivity index (χ0v) is 21.7. The van der Waals surface area contributed by atoms with Crippen LogP contribution >= 0.6 is 0 Å². The van der Waals surface area contributed by atoms with E-state index in [0.717, 1.165) is 28.3 Å². The summed E-state index contributed by atoms with van der Waals surface area (Å²) in [7, 11) is 0. The van der Waals surface area contributed by atoms with Crippen LogP contribution in [0.15, 0.2) is 113 Å². The highest BCUT2D eigenvalue weighted by Crippen LogP contribution is 2.22. The van der Waals surface area contributed by atoms with Crippen molar-refractivity contribution in [3.05, 3.63) is 132 Å². The number of nitrogens with zero attached hydrogens (tertiary/aromatic N) is 1. The Morgan fingerprint density at radius 2 is 1.71 bits per heavy atom. The molecule has 4 rings (SSSR count). The van der Waals surface area contributed by atoms with Gasteiger partial charge in [-0.05, 0) is 50.1 Å². The summed E-state index contributed by atoms with van der Waals surface area (Å²) in [5.41, 5.74) is 4.08. The van der Waals surface area contributed by atoms with Gasteiger partial charge in [-0.15, -0.1) is 0 Å². The van der Waals surface area contributed by atoms with Gasteiger partial charge in [-0.2, -0.15) is 0 Å². The molecule has 0 spiro atoms. The molecule has 0 amide bonds. The van der Waals surface area contributed by atoms with E-state index >= 15 is 0 Å². The van der Waals surface area contributed by atoms with Crippen LogP contribution in [0.25, 0.3) is 11.5 Å². The molecular formula is C32H32N2O4.